The Kier molecular flexibility index (Phi) is 3.74. The molecule has 19 heavy (non-hydrogen) atoms. The van der Waals surface area contributed by atoms with Gasteiger partial charge in [-0.3, -0.25) is 9.69 Å². The van der Waals surface area contributed by atoms with Crippen molar-refractivity contribution in [1.82, 2.24) is 5.32 Å². The molecule has 0 aromatic heterocycles. The smallest absolute Gasteiger partial charge is 0.322 e. The van der Waals surface area contributed by atoms with Crippen LogP contribution in [0, 0.1) is 0 Å². The SMILES string of the molecule is CC(C)c1ccccc1N1C(=O)NCC1CC(=O)O. The zero-order valence-electron chi connectivity index (χ0n) is 11.1. The van der Waals surface area contributed by atoms with Gasteiger partial charge in [0, 0.05) is 12.2 Å². The van der Waals surface area contributed by atoms with Crippen LogP contribution >= 0.6 is 0 Å². The number of urea groups is 1. The number of aliphatic carboxylic acids is 1. The van der Waals surface area contributed by atoms with Gasteiger partial charge in [0.2, 0.25) is 0 Å². The molecule has 102 valence electrons. The van der Waals surface area contributed by atoms with Crippen molar-refractivity contribution in [3.63, 3.8) is 0 Å². The Balaban J connectivity index is 2.37. The van der Waals surface area contributed by atoms with Crippen molar-refractivity contribution < 1.29 is 14.7 Å². The van der Waals surface area contributed by atoms with Crippen LogP contribution in [0.4, 0.5) is 10.5 Å². The molecule has 0 saturated carbocycles. The number of rotatable bonds is 4. The average molecular weight is 262 g/mol. The fraction of sp³-hybridized carbons (Fsp3) is 0.429. The van der Waals surface area contributed by atoms with Gasteiger partial charge >= 0.3 is 12.0 Å². The Morgan fingerprint density at radius 1 is 1.47 bits per heavy atom. The molecular weight excluding hydrogens is 244 g/mol. The van der Waals surface area contributed by atoms with E-state index in [0.717, 1.165) is 11.3 Å². The number of anilines is 1. The van der Waals surface area contributed by atoms with E-state index in [4.69, 9.17) is 5.11 Å². The van der Waals surface area contributed by atoms with Gasteiger partial charge in [0.25, 0.3) is 0 Å². The summed E-state index contributed by atoms with van der Waals surface area (Å²) in [5, 5.41) is 11.7. The highest BCUT2D eigenvalue weighted by molar-refractivity contribution is 5.96. The van der Waals surface area contributed by atoms with Crippen molar-refractivity contribution in [2.75, 3.05) is 11.4 Å². The Hall–Kier alpha value is -2.04. The number of nitrogens with one attached hydrogen (secondary N) is 1. The molecule has 0 bridgehead atoms. The van der Waals surface area contributed by atoms with Crippen molar-refractivity contribution in [2.45, 2.75) is 32.2 Å². The third-order valence-electron chi connectivity index (χ3n) is 3.30. The van der Waals surface area contributed by atoms with E-state index in [-0.39, 0.29) is 24.4 Å². The maximum atomic E-state index is 12.0. The second kappa shape index (κ2) is 5.30. The number of carbonyl (C=O) groups excluding carboxylic acids is 1. The largest absolute Gasteiger partial charge is 0.481 e. The van der Waals surface area contributed by atoms with Gasteiger partial charge in [-0.05, 0) is 17.5 Å². The van der Waals surface area contributed by atoms with Gasteiger partial charge in [0.15, 0.2) is 0 Å². The first-order valence-corrected chi connectivity index (χ1v) is 6.38. The maximum absolute atomic E-state index is 12.0. The first kappa shape index (κ1) is 13.4. The van der Waals surface area contributed by atoms with E-state index in [2.05, 4.69) is 19.2 Å². The van der Waals surface area contributed by atoms with Crippen molar-refractivity contribution >= 4 is 17.7 Å². The summed E-state index contributed by atoms with van der Waals surface area (Å²) < 4.78 is 0. The molecule has 2 N–H and O–H groups in total. The number of benzene rings is 1. The molecule has 2 rings (SSSR count). The van der Waals surface area contributed by atoms with Crippen LogP contribution in [0.3, 0.4) is 0 Å². The van der Waals surface area contributed by atoms with Gasteiger partial charge in [-0.25, -0.2) is 4.79 Å². The summed E-state index contributed by atoms with van der Waals surface area (Å²) in [6, 6.07) is 7.09. The molecule has 1 unspecified atom stereocenters. The summed E-state index contributed by atoms with van der Waals surface area (Å²) in [7, 11) is 0. The minimum absolute atomic E-state index is 0.0504. The van der Waals surface area contributed by atoms with E-state index in [1.807, 2.05) is 24.3 Å². The van der Waals surface area contributed by atoms with E-state index in [1.165, 1.54) is 0 Å². The number of amides is 2. The lowest BCUT2D eigenvalue weighted by molar-refractivity contribution is -0.137. The summed E-state index contributed by atoms with van der Waals surface area (Å²) in [5.41, 5.74) is 1.86. The van der Waals surface area contributed by atoms with E-state index in [0.29, 0.717) is 6.54 Å². The zero-order chi connectivity index (χ0) is 14.0. The molecule has 1 fully saturated rings. The summed E-state index contributed by atoms with van der Waals surface area (Å²) in [4.78, 5) is 24.4. The molecule has 1 aliphatic heterocycles. The molecule has 1 aromatic carbocycles. The second-order valence-corrected chi connectivity index (χ2v) is 5.02. The van der Waals surface area contributed by atoms with Crippen LogP contribution in [0.5, 0.6) is 0 Å². The molecule has 0 radical (unpaired) electrons. The second-order valence-electron chi connectivity index (χ2n) is 5.02. The van der Waals surface area contributed by atoms with Gasteiger partial charge in [0.05, 0.1) is 12.5 Å². The number of hydrogen-bond acceptors (Lipinski definition) is 2. The minimum Gasteiger partial charge on any atom is -0.481 e. The first-order chi connectivity index (χ1) is 9.00. The molecule has 5 heteroatoms. The van der Waals surface area contributed by atoms with Crippen molar-refractivity contribution in [3.8, 4) is 0 Å². The normalized spacial score (nSPS) is 18.8. The van der Waals surface area contributed by atoms with Gasteiger partial charge in [-0.2, -0.15) is 0 Å². The van der Waals surface area contributed by atoms with E-state index in [1.54, 1.807) is 4.90 Å². The number of carbonyl (C=O) groups is 2. The highest BCUT2D eigenvalue weighted by atomic mass is 16.4. The highest BCUT2D eigenvalue weighted by Gasteiger charge is 2.34. The Labute approximate surface area is 112 Å². The molecule has 1 saturated heterocycles. The quantitative estimate of drug-likeness (QED) is 0.873. The standard InChI is InChI=1S/C14H18N2O3/c1-9(2)11-5-3-4-6-12(11)16-10(7-13(17)18)8-15-14(16)19/h3-6,9-10H,7-8H2,1-2H3,(H,15,19)(H,17,18). The third-order valence-corrected chi connectivity index (χ3v) is 3.30. The predicted octanol–water partition coefficient (Wildman–Crippen LogP) is 2.18. The van der Waals surface area contributed by atoms with Crippen LogP contribution in [0.2, 0.25) is 0 Å². The number of hydrogen-bond donors (Lipinski definition) is 2. The Bertz CT molecular complexity index is 499. The Morgan fingerprint density at radius 2 is 2.16 bits per heavy atom. The topological polar surface area (TPSA) is 69.6 Å². The summed E-state index contributed by atoms with van der Waals surface area (Å²) in [6.45, 7) is 4.48. The monoisotopic (exact) mass is 262 g/mol. The average Bonchev–Trinajstić information content (AvgIpc) is 2.69. The third kappa shape index (κ3) is 2.70. The molecule has 1 heterocycles. The van der Waals surface area contributed by atoms with Gasteiger partial charge in [-0.1, -0.05) is 32.0 Å². The highest BCUT2D eigenvalue weighted by Crippen LogP contribution is 2.30. The van der Waals surface area contributed by atoms with Gasteiger partial charge < -0.3 is 10.4 Å². The predicted molar refractivity (Wildman–Crippen MR) is 72.4 cm³/mol. The summed E-state index contributed by atoms with van der Waals surface area (Å²) in [6.07, 6.45) is -0.0504. The fourth-order valence-corrected chi connectivity index (χ4v) is 2.41. The van der Waals surface area contributed by atoms with Crippen molar-refractivity contribution in [3.05, 3.63) is 29.8 Å². The first-order valence-electron chi connectivity index (χ1n) is 6.38. The maximum Gasteiger partial charge on any atom is 0.322 e. The van der Waals surface area contributed by atoms with Crippen LogP contribution < -0.4 is 10.2 Å². The fourth-order valence-electron chi connectivity index (χ4n) is 2.41. The van der Waals surface area contributed by atoms with Crippen molar-refractivity contribution in [2.24, 2.45) is 0 Å². The van der Waals surface area contributed by atoms with Crippen LogP contribution in [0.1, 0.15) is 31.7 Å². The molecule has 0 spiro atoms. The van der Waals surface area contributed by atoms with Crippen molar-refractivity contribution in [1.29, 1.82) is 0 Å². The lowest BCUT2D eigenvalue weighted by Gasteiger charge is -2.25. The molecule has 5 nitrogen and oxygen atoms in total. The molecule has 1 aliphatic rings. The number of para-hydroxylation sites is 1. The molecular formula is C14H18N2O3. The van der Waals surface area contributed by atoms with Crippen LogP contribution in [0.25, 0.3) is 0 Å². The van der Waals surface area contributed by atoms with Crippen LogP contribution in [-0.4, -0.2) is 29.7 Å². The number of carboxylic acids is 1. The van der Waals surface area contributed by atoms with E-state index >= 15 is 0 Å². The van der Waals surface area contributed by atoms with Gasteiger partial charge in [0.1, 0.15) is 0 Å². The van der Waals surface area contributed by atoms with Crippen LogP contribution in [-0.2, 0) is 4.79 Å². The zero-order valence-corrected chi connectivity index (χ0v) is 11.1. The van der Waals surface area contributed by atoms with E-state index < -0.39 is 5.97 Å². The summed E-state index contributed by atoms with van der Waals surface area (Å²) in [5.74, 6) is -0.622. The lowest BCUT2D eigenvalue weighted by Crippen LogP contribution is -2.36. The number of carboxylic acid groups (broad SMARTS) is 1. The molecule has 1 aromatic rings. The van der Waals surface area contributed by atoms with E-state index in [9.17, 15) is 9.59 Å². The molecule has 1 atom stereocenters. The molecule has 0 aliphatic carbocycles. The van der Waals surface area contributed by atoms with Gasteiger partial charge in [-0.15, -0.1) is 0 Å². The van der Waals surface area contributed by atoms with Crippen LogP contribution in [0.15, 0.2) is 24.3 Å². The Morgan fingerprint density at radius 3 is 2.79 bits per heavy atom. The number of nitrogens with zero attached hydrogens (tertiary/aromatic N) is 1. The summed E-state index contributed by atoms with van der Waals surface area (Å²) >= 11 is 0. The molecule has 2 amide bonds. The minimum atomic E-state index is -0.895. The lowest BCUT2D eigenvalue weighted by atomic mass is 9.99.